The van der Waals surface area contributed by atoms with Gasteiger partial charge in [-0.1, -0.05) is 6.07 Å². The van der Waals surface area contributed by atoms with E-state index in [1.54, 1.807) is 17.5 Å². The van der Waals surface area contributed by atoms with E-state index in [4.69, 9.17) is 5.73 Å². The molecule has 0 radical (unpaired) electrons. The lowest BCUT2D eigenvalue weighted by Crippen LogP contribution is -2.43. The summed E-state index contributed by atoms with van der Waals surface area (Å²) in [7, 11) is 0. The Morgan fingerprint density at radius 3 is 2.73 bits per heavy atom. The van der Waals surface area contributed by atoms with E-state index in [2.05, 4.69) is 15.3 Å². The van der Waals surface area contributed by atoms with Crippen LogP contribution in [0.5, 0.6) is 0 Å². The Labute approximate surface area is 145 Å². The number of halogens is 2. The van der Waals surface area contributed by atoms with E-state index in [1.165, 1.54) is 0 Å². The van der Waals surface area contributed by atoms with E-state index < -0.39 is 5.54 Å². The van der Waals surface area contributed by atoms with Gasteiger partial charge in [-0.25, -0.2) is 4.98 Å². The predicted octanol–water partition coefficient (Wildman–Crippen LogP) is 2.20. The van der Waals surface area contributed by atoms with Gasteiger partial charge < -0.3 is 11.1 Å². The first-order valence-electron chi connectivity index (χ1n) is 6.60. The second kappa shape index (κ2) is 7.87. The Bertz CT molecular complexity index is 616. The van der Waals surface area contributed by atoms with Gasteiger partial charge in [0.2, 0.25) is 5.91 Å². The zero-order chi connectivity index (χ0) is 14.0. The lowest BCUT2D eigenvalue weighted by Gasteiger charge is -2.08. The van der Waals surface area contributed by atoms with Crippen LogP contribution in [0.25, 0.3) is 11.4 Å². The molecule has 8 heteroatoms. The van der Waals surface area contributed by atoms with Gasteiger partial charge in [0.25, 0.3) is 0 Å². The van der Waals surface area contributed by atoms with Gasteiger partial charge in [0.1, 0.15) is 0 Å². The van der Waals surface area contributed by atoms with Gasteiger partial charge >= 0.3 is 0 Å². The predicted molar refractivity (Wildman–Crippen MR) is 92.7 cm³/mol. The fourth-order valence-corrected chi connectivity index (χ4v) is 2.67. The second-order valence-electron chi connectivity index (χ2n) is 5.00. The number of pyridine rings is 1. The van der Waals surface area contributed by atoms with E-state index in [-0.39, 0.29) is 30.7 Å². The molecule has 1 fully saturated rings. The SMILES string of the molecule is Cl.Cl.NC1(C(=O)NCCc2nc(-c3ccccn3)cs2)CC1. The van der Waals surface area contributed by atoms with Gasteiger partial charge in [0.05, 0.1) is 21.9 Å². The zero-order valence-electron chi connectivity index (χ0n) is 11.8. The molecular formula is C14H18Cl2N4OS. The molecule has 3 rings (SSSR count). The van der Waals surface area contributed by atoms with E-state index in [0.29, 0.717) is 6.54 Å². The highest BCUT2D eigenvalue weighted by Gasteiger charge is 2.45. The van der Waals surface area contributed by atoms with Crippen LogP contribution < -0.4 is 11.1 Å². The first-order chi connectivity index (χ1) is 9.67. The van der Waals surface area contributed by atoms with Crippen LogP contribution >= 0.6 is 36.2 Å². The number of aromatic nitrogens is 2. The number of hydrogen-bond donors (Lipinski definition) is 2. The topological polar surface area (TPSA) is 80.9 Å². The van der Waals surface area contributed by atoms with E-state index in [0.717, 1.165) is 35.7 Å². The molecule has 5 nitrogen and oxygen atoms in total. The molecule has 0 atom stereocenters. The number of hydrogen-bond acceptors (Lipinski definition) is 5. The Morgan fingerprint density at radius 2 is 2.09 bits per heavy atom. The highest BCUT2D eigenvalue weighted by molar-refractivity contribution is 7.09. The summed E-state index contributed by atoms with van der Waals surface area (Å²) in [6.45, 7) is 0.576. The molecule has 0 spiro atoms. The monoisotopic (exact) mass is 360 g/mol. The van der Waals surface area contributed by atoms with Crippen molar-refractivity contribution in [2.75, 3.05) is 6.54 Å². The number of rotatable bonds is 5. The van der Waals surface area contributed by atoms with Crippen LogP contribution in [0.3, 0.4) is 0 Å². The van der Waals surface area contributed by atoms with Crippen molar-refractivity contribution < 1.29 is 4.79 Å². The summed E-state index contributed by atoms with van der Waals surface area (Å²) in [5.74, 6) is -0.0426. The average Bonchev–Trinajstić information content (AvgIpc) is 3.05. The summed E-state index contributed by atoms with van der Waals surface area (Å²) >= 11 is 1.59. The Morgan fingerprint density at radius 1 is 1.32 bits per heavy atom. The number of nitrogens with two attached hydrogens (primary N) is 1. The minimum absolute atomic E-state index is 0. The van der Waals surface area contributed by atoms with Crippen molar-refractivity contribution in [2.24, 2.45) is 5.73 Å². The molecule has 0 bridgehead atoms. The van der Waals surface area contributed by atoms with Crippen LogP contribution in [0.2, 0.25) is 0 Å². The van der Waals surface area contributed by atoms with Crippen molar-refractivity contribution in [1.29, 1.82) is 0 Å². The third-order valence-corrected chi connectivity index (χ3v) is 4.25. The van der Waals surface area contributed by atoms with Crippen LogP contribution in [-0.4, -0.2) is 28.0 Å². The molecule has 1 aliphatic carbocycles. The maximum absolute atomic E-state index is 11.7. The molecule has 0 aliphatic heterocycles. The smallest absolute Gasteiger partial charge is 0.240 e. The molecule has 1 saturated carbocycles. The Kier molecular flexibility index (Phi) is 6.74. The molecular weight excluding hydrogens is 343 g/mol. The summed E-state index contributed by atoms with van der Waals surface area (Å²) in [4.78, 5) is 20.5. The van der Waals surface area contributed by atoms with Crippen molar-refractivity contribution in [3.63, 3.8) is 0 Å². The molecule has 3 N–H and O–H groups in total. The van der Waals surface area contributed by atoms with Gasteiger partial charge in [0.15, 0.2) is 0 Å². The van der Waals surface area contributed by atoms with Crippen molar-refractivity contribution in [1.82, 2.24) is 15.3 Å². The lowest BCUT2D eigenvalue weighted by molar-refractivity contribution is -0.123. The maximum atomic E-state index is 11.7. The number of nitrogens with one attached hydrogen (secondary N) is 1. The molecule has 0 aromatic carbocycles. The minimum atomic E-state index is -0.595. The maximum Gasteiger partial charge on any atom is 0.240 e. The number of carbonyl (C=O) groups excluding carboxylic acids is 1. The van der Waals surface area contributed by atoms with Crippen LogP contribution in [-0.2, 0) is 11.2 Å². The molecule has 2 aromatic rings. The highest BCUT2D eigenvalue weighted by atomic mass is 35.5. The summed E-state index contributed by atoms with van der Waals surface area (Å²) in [6, 6.07) is 5.76. The van der Waals surface area contributed by atoms with E-state index in [9.17, 15) is 4.79 Å². The van der Waals surface area contributed by atoms with Crippen LogP contribution in [0.15, 0.2) is 29.8 Å². The van der Waals surface area contributed by atoms with Crippen molar-refractivity contribution in [3.8, 4) is 11.4 Å². The largest absolute Gasteiger partial charge is 0.354 e. The average molecular weight is 361 g/mol. The van der Waals surface area contributed by atoms with Gasteiger partial charge in [-0.3, -0.25) is 9.78 Å². The summed E-state index contributed by atoms with van der Waals surface area (Å²) in [5.41, 5.74) is 6.98. The number of nitrogens with zero attached hydrogens (tertiary/aromatic N) is 2. The van der Waals surface area contributed by atoms with Crippen molar-refractivity contribution in [3.05, 3.63) is 34.8 Å². The summed E-state index contributed by atoms with van der Waals surface area (Å²) in [6.07, 6.45) is 4.06. The van der Waals surface area contributed by atoms with Gasteiger partial charge in [0, 0.05) is 24.5 Å². The molecule has 120 valence electrons. The molecule has 0 unspecified atom stereocenters. The van der Waals surface area contributed by atoms with Crippen LogP contribution in [0.1, 0.15) is 17.8 Å². The third kappa shape index (κ3) is 4.39. The zero-order valence-corrected chi connectivity index (χ0v) is 14.3. The lowest BCUT2D eigenvalue weighted by atomic mass is 10.2. The minimum Gasteiger partial charge on any atom is -0.354 e. The highest BCUT2D eigenvalue weighted by Crippen LogP contribution is 2.32. The van der Waals surface area contributed by atoms with Crippen LogP contribution in [0.4, 0.5) is 0 Å². The fourth-order valence-electron chi connectivity index (χ4n) is 1.88. The number of thiazole rings is 1. The van der Waals surface area contributed by atoms with E-state index >= 15 is 0 Å². The van der Waals surface area contributed by atoms with Crippen molar-refractivity contribution in [2.45, 2.75) is 24.8 Å². The van der Waals surface area contributed by atoms with Gasteiger partial charge in [-0.2, -0.15) is 0 Å². The van der Waals surface area contributed by atoms with Gasteiger partial charge in [-0.05, 0) is 25.0 Å². The van der Waals surface area contributed by atoms with Gasteiger partial charge in [-0.15, -0.1) is 36.2 Å². The summed E-state index contributed by atoms with van der Waals surface area (Å²) < 4.78 is 0. The molecule has 1 aliphatic rings. The number of carbonyl (C=O) groups is 1. The van der Waals surface area contributed by atoms with Crippen molar-refractivity contribution >= 4 is 42.1 Å². The molecule has 1 amide bonds. The fraction of sp³-hybridized carbons (Fsp3) is 0.357. The van der Waals surface area contributed by atoms with E-state index in [1.807, 2.05) is 23.6 Å². The molecule has 22 heavy (non-hydrogen) atoms. The normalized spacial score (nSPS) is 14.4. The Hall–Kier alpha value is -1.21. The Balaban J connectivity index is 0.00000121. The molecule has 0 saturated heterocycles. The number of amides is 1. The first-order valence-corrected chi connectivity index (χ1v) is 7.48. The summed E-state index contributed by atoms with van der Waals surface area (Å²) in [5, 5.41) is 5.85. The third-order valence-electron chi connectivity index (χ3n) is 3.34. The molecule has 2 heterocycles. The van der Waals surface area contributed by atoms with Crippen LogP contribution in [0, 0.1) is 0 Å². The first kappa shape index (κ1) is 18.8. The quantitative estimate of drug-likeness (QED) is 0.856. The second-order valence-corrected chi connectivity index (χ2v) is 5.95. The standard InChI is InChI=1S/C14H16N4OS.2ClH/c15-14(5-6-14)13(19)17-8-4-12-18-11(9-20-12)10-3-1-2-7-16-10;;/h1-3,7,9H,4-6,8,15H2,(H,17,19);2*1H. The molecule has 2 aromatic heterocycles.